The molecule has 0 bridgehead atoms. The molecule has 0 saturated heterocycles. The van der Waals surface area contributed by atoms with Gasteiger partial charge in [0.25, 0.3) is 5.91 Å². The van der Waals surface area contributed by atoms with Crippen LogP contribution in [0.15, 0.2) is 47.5 Å². The number of carbonyl (C=O) groups excluding carboxylic acids is 1. The van der Waals surface area contributed by atoms with Crippen LogP contribution in [0.25, 0.3) is 11.3 Å². The van der Waals surface area contributed by atoms with Crippen LogP contribution in [0.3, 0.4) is 0 Å². The molecule has 0 radical (unpaired) electrons. The Hall–Kier alpha value is -2.97. The average molecular weight is 398 g/mol. The normalized spacial score (nSPS) is 12.7. The van der Waals surface area contributed by atoms with Gasteiger partial charge in [-0.25, -0.2) is 4.99 Å². The number of nitrogens with zero attached hydrogens (tertiary/aromatic N) is 2. The Bertz CT molecular complexity index is 1260. The Morgan fingerprint density at radius 2 is 1.93 bits per heavy atom. The SMILES string of the molecule is COc1ccc(OC)c(-n2c(O)c(C3=c4ccccc4=NC3=O)sc2=S)c1. The molecular formula is C19H14N2O4S2. The van der Waals surface area contributed by atoms with E-state index in [2.05, 4.69) is 4.99 Å². The second-order valence-corrected chi connectivity index (χ2v) is 7.35. The monoisotopic (exact) mass is 398 g/mol. The van der Waals surface area contributed by atoms with E-state index in [4.69, 9.17) is 21.7 Å². The molecule has 136 valence electrons. The second-order valence-electron chi connectivity index (χ2n) is 5.70. The van der Waals surface area contributed by atoms with E-state index in [1.165, 1.54) is 11.7 Å². The van der Waals surface area contributed by atoms with Gasteiger partial charge in [0.15, 0.2) is 3.95 Å². The Labute approximate surface area is 163 Å². The van der Waals surface area contributed by atoms with Crippen molar-refractivity contribution in [3.63, 3.8) is 0 Å². The van der Waals surface area contributed by atoms with Gasteiger partial charge in [-0.05, 0) is 30.4 Å². The zero-order valence-corrected chi connectivity index (χ0v) is 16.1. The zero-order valence-electron chi connectivity index (χ0n) is 14.4. The number of rotatable bonds is 4. The van der Waals surface area contributed by atoms with Gasteiger partial charge in [0.05, 0.1) is 30.8 Å². The summed E-state index contributed by atoms with van der Waals surface area (Å²) < 4.78 is 12.5. The number of thiazole rings is 1. The second kappa shape index (κ2) is 6.64. The van der Waals surface area contributed by atoms with Crippen molar-refractivity contribution >= 4 is 35.0 Å². The standard InChI is InChI=1S/C19H14N2O4S2/c1-24-10-7-8-14(25-2)13(9-10)21-18(23)16(27-19(21)26)15-11-5-3-4-6-12(11)20-17(15)22/h3-9,23H,1-2H3. The predicted octanol–water partition coefficient (Wildman–Crippen LogP) is 2.35. The Kier molecular flexibility index (Phi) is 4.29. The number of para-hydroxylation sites is 1. The maximum Gasteiger partial charge on any atom is 0.279 e. The lowest BCUT2D eigenvalue weighted by Crippen LogP contribution is -2.22. The Morgan fingerprint density at radius 3 is 2.67 bits per heavy atom. The summed E-state index contributed by atoms with van der Waals surface area (Å²) in [6.45, 7) is 0. The summed E-state index contributed by atoms with van der Waals surface area (Å²) in [5, 5.41) is 12.2. The fourth-order valence-electron chi connectivity index (χ4n) is 3.00. The van der Waals surface area contributed by atoms with E-state index in [1.54, 1.807) is 37.4 Å². The molecule has 4 rings (SSSR count). The maximum absolute atomic E-state index is 12.5. The van der Waals surface area contributed by atoms with Crippen LogP contribution in [-0.2, 0) is 4.79 Å². The fourth-order valence-corrected chi connectivity index (χ4v) is 4.36. The van der Waals surface area contributed by atoms with Crippen molar-refractivity contribution < 1.29 is 19.4 Å². The first-order valence-electron chi connectivity index (χ1n) is 7.95. The third-order valence-electron chi connectivity index (χ3n) is 4.25. The lowest BCUT2D eigenvalue weighted by Gasteiger charge is -2.12. The minimum atomic E-state index is -0.396. The van der Waals surface area contributed by atoms with Crippen molar-refractivity contribution in [2.24, 2.45) is 4.99 Å². The summed E-state index contributed by atoms with van der Waals surface area (Å²) in [7, 11) is 3.08. The number of benzene rings is 2. The number of aromatic nitrogens is 1. The number of amides is 1. The molecular weight excluding hydrogens is 384 g/mol. The quantitative estimate of drug-likeness (QED) is 0.683. The summed E-state index contributed by atoms with van der Waals surface area (Å²) in [6, 6.07) is 12.4. The van der Waals surface area contributed by atoms with Gasteiger partial charge in [0.2, 0.25) is 5.88 Å². The van der Waals surface area contributed by atoms with Gasteiger partial charge < -0.3 is 14.6 Å². The van der Waals surface area contributed by atoms with Crippen LogP contribution in [0.5, 0.6) is 17.4 Å². The third kappa shape index (κ3) is 2.73. The molecule has 2 aromatic carbocycles. The molecule has 27 heavy (non-hydrogen) atoms. The molecule has 1 aliphatic heterocycles. The highest BCUT2D eigenvalue weighted by molar-refractivity contribution is 7.73. The van der Waals surface area contributed by atoms with E-state index in [1.807, 2.05) is 12.1 Å². The molecule has 1 aliphatic rings. The van der Waals surface area contributed by atoms with Crippen LogP contribution in [0, 0.1) is 3.95 Å². The molecule has 1 aromatic heterocycles. The van der Waals surface area contributed by atoms with Gasteiger partial charge in [0, 0.05) is 11.3 Å². The lowest BCUT2D eigenvalue weighted by molar-refractivity contribution is -0.112. The van der Waals surface area contributed by atoms with Crippen LogP contribution in [0.4, 0.5) is 0 Å². The number of hydrogen-bond donors (Lipinski definition) is 1. The van der Waals surface area contributed by atoms with Crippen molar-refractivity contribution in [3.05, 3.63) is 61.9 Å². The zero-order chi connectivity index (χ0) is 19.1. The molecule has 0 atom stereocenters. The minimum Gasteiger partial charge on any atom is -0.497 e. The fraction of sp³-hybridized carbons (Fsp3) is 0.105. The predicted molar refractivity (Wildman–Crippen MR) is 104 cm³/mol. The molecule has 0 aliphatic carbocycles. The van der Waals surface area contributed by atoms with E-state index >= 15 is 0 Å². The van der Waals surface area contributed by atoms with Gasteiger partial charge in [-0.1, -0.05) is 18.2 Å². The molecule has 2 heterocycles. The number of hydrogen-bond acceptors (Lipinski definition) is 6. The van der Waals surface area contributed by atoms with Crippen LogP contribution < -0.4 is 20.0 Å². The number of aromatic hydroxyl groups is 1. The number of fused-ring (bicyclic) bond motifs is 1. The highest BCUT2D eigenvalue weighted by Crippen LogP contribution is 2.38. The molecule has 1 amide bonds. The van der Waals surface area contributed by atoms with Crippen molar-refractivity contribution in [3.8, 4) is 23.1 Å². The Morgan fingerprint density at radius 1 is 1.15 bits per heavy atom. The highest BCUT2D eigenvalue weighted by atomic mass is 32.1. The van der Waals surface area contributed by atoms with E-state index < -0.39 is 5.91 Å². The van der Waals surface area contributed by atoms with E-state index in [0.29, 0.717) is 42.2 Å². The third-order valence-corrected chi connectivity index (χ3v) is 5.63. The highest BCUT2D eigenvalue weighted by Gasteiger charge is 2.26. The first kappa shape index (κ1) is 17.4. The molecule has 3 aromatic rings. The summed E-state index contributed by atoms with van der Waals surface area (Å²) in [4.78, 5) is 16.9. The van der Waals surface area contributed by atoms with Crippen molar-refractivity contribution in [2.45, 2.75) is 0 Å². The minimum absolute atomic E-state index is 0.133. The molecule has 1 N–H and O–H groups in total. The summed E-state index contributed by atoms with van der Waals surface area (Å²) >= 11 is 6.62. The number of ether oxygens (including phenoxy) is 2. The lowest BCUT2D eigenvalue weighted by atomic mass is 10.1. The van der Waals surface area contributed by atoms with Crippen molar-refractivity contribution in [2.75, 3.05) is 14.2 Å². The largest absolute Gasteiger partial charge is 0.497 e. The summed E-state index contributed by atoms with van der Waals surface area (Å²) in [5.74, 6) is 0.573. The van der Waals surface area contributed by atoms with Gasteiger partial charge in [0.1, 0.15) is 16.4 Å². The first-order valence-corrected chi connectivity index (χ1v) is 9.17. The molecule has 0 spiro atoms. The maximum atomic E-state index is 12.5. The van der Waals surface area contributed by atoms with Crippen LogP contribution in [-0.4, -0.2) is 29.8 Å². The summed E-state index contributed by atoms with van der Waals surface area (Å²) in [6.07, 6.45) is 0. The van der Waals surface area contributed by atoms with Gasteiger partial charge in [-0.2, -0.15) is 0 Å². The number of methoxy groups -OCH3 is 2. The van der Waals surface area contributed by atoms with Crippen molar-refractivity contribution in [1.29, 1.82) is 0 Å². The molecule has 0 saturated carbocycles. The molecule has 0 unspecified atom stereocenters. The van der Waals surface area contributed by atoms with Gasteiger partial charge in [-0.15, -0.1) is 11.3 Å². The summed E-state index contributed by atoms with van der Waals surface area (Å²) in [5.41, 5.74) is 0.873. The van der Waals surface area contributed by atoms with Crippen LogP contribution in [0.2, 0.25) is 0 Å². The average Bonchev–Trinajstić information content (AvgIpc) is 3.15. The smallest absolute Gasteiger partial charge is 0.279 e. The van der Waals surface area contributed by atoms with E-state index in [9.17, 15) is 9.90 Å². The van der Waals surface area contributed by atoms with Gasteiger partial charge in [-0.3, -0.25) is 9.36 Å². The van der Waals surface area contributed by atoms with Crippen molar-refractivity contribution in [1.82, 2.24) is 4.57 Å². The molecule has 8 heteroatoms. The molecule has 0 fully saturated rings. The number of carbonyl (C=O) groups is 1. The topological polar surface area (TPSA) is 73.1 Å². The van der Waals surface area contributed by atoms with E-state index in [0.717, 1.165) is 11.3 Å². The van der Waals surface area contributed by atoms with Crippen LogP contribution >= 0.6 is 23.6 Å². The van der Waals surface area contributed by atoms with Crippen LogP contribution in [0.1, 0.15) is 4.88 Å². The first-order chi connectivity index (χ1) is 13.0. The Balaban J connectivity index is 2.00. The van der Waals surface area contributed by atoms with E-state index in [-0.39, 0.29) is 5.88 Å². The molecule has 6 nitrogen and oxygen atoms in total. The van der Waals surface area contributed by atoms with Gasteiger partial charge >= 0.3 is 0 Å².